The van der Waals surface area contributed by atoms with Crippen molar-refractivity contribution < 1.29 is 4.79 Å². The van der Waals surface area contributed by atoms with E-state index in [1.807, 2.05) is 36.4 Å². The second-order valence-electron chi connectivity index (χ2n) is 4.86. The Kier molecular flexibility index (Phi) is 5.64. The zero-order chi connectivity index (χ0) is 15.1. The van der Waals surface area contributed by atoms with E-state index in [2.05, 4.69) is 17.6 Å². The van der Waals surface area contributed by atoms with Crippen molar-refractivity contribution in [3.8, 4) is 0 Å². The van der Waals surface area contributed by atoms with E-state index in [1.165, 1.54) is 18.4 Å². The van der Waals surface area contributed by atoms with E-state index in [9.17, 15) is 4.79 Å². The summed E-state index contributed by atoms with van der Waals surface area (Å²) in [5, 5.41) is 6.03. The molecule has 0 fully saturated rings. The third kappa shape index (κ3) is 4.80. The lowest BCUT2D eigenvalue weighted by atomic mass is 10.1. The van der Waals surface area contributed by atoms with E-state index < -0.39 is 0 Å². The Morgan fingerprint density at radius 2 is 1.76 bits per heavy atom. The van der Waals surface area contributed by atoms with Gasteiger partial charge in [-0.3, -0.25) is 0 Å². The summed E-state index contributed by atoms with van der Waals surface area (Å²) in [7, 11) is 0. The van der Waals surface area contributed by atoms with Crippen LogP contribution < -0.4 is 10.6 Å². The monoisotopic (exact) mass is 302 g/mol. The van der Waals surface area contributed by atoms with Crippen molar-refractivity contribution in [2.75, 3.05) is 10.6 Å². The highest BCUT2D eigenvalue weighted by Gasteiger charge is 2.05. The number of carbonyl (C=O) groups excluding carboxylic acids is 1. The van der Waals surface area contributed by atoms with Gasteiger partial charge in [0.25, 0.3) is 0 Å². The number of anilines is 2. The highest BCUT2D eigenvalue weighted by Crippen LogP contribution is 2.20. The first-order valence-electron chi connectivity index (χ1n) is 7.10. The molecule has 0 unspecified atom stereocenters. The Hall–Kier alpha value is -2.00. The minimum atomic E-state index is -0.301. The number of hydrogen-bond donors (Lipinski definition) is 2. The second-order valence-corrected chi connectivity index (χ2v) is 5.27. The van der Waals surface area contributed by atoms with Crippen LogP contribution in [0.1, 0.15) is 25.3 Å². The molecular formula is C17H19ClN2O. The van der Waals surface area contributed by atoms with E-state index in [1.54, 1.807) is 12.1 Å². The van der Waals surface area contributed by atoms with E-state index in [-0.39, 0.29) is 6.03 Å². The van der Waals surface area contributed by atoms with Gasteiger partial charge in [-0.05, 0) is 42.7 Å². The maximum Gasteiger partial charge on any atom is 0.323 e. The number of para-hydroxylation sites is 1. The third-order valence-electron chi connectivity index (χ3n) is 3.15. The van der Waals surface area contributed by atoms with Gasteiger partial charge < -0.3 is 10.6 Å². The molecule has 0 heterocycles. The molecule has 4 heteroatoms. The number of unbranched alkanes of at least 4 members (excludes halogenated alkanes) is 1. The summed E-state index contributed by atoms with van der Waals surface area (Å²) in [6, 6.07) is 14.7. The first-order chi connectivity index (χ1) is 10.2. The maximum absolute atomic E-state index is 11.9. The Bertz CT molecular complexity index is 596. The van der Waals surface area contributed by atoms with E-state index in [4.69, 9.17) is 11.6 Å². The predicted octanol–water partition coefficient (Wildman–Crippen LogP) is 5.33. The first kappa shape index (κ1) is 15.4. The predicted molar refractivity (Wildman–Crippen MR) is 89.1 cm³/mol. The molecule has 21 heavy (non-hydrogen) atoms. The van der Waals surface area contributed by atoms with Gasteiger partial charge in [-0.1, -0.05) is 49.2 Å². The Morgan fingerprint density at radius 3 is 2.43 bits per heavy atom. The van der Waals surface area contributed by atoms with Crippen LogP contribution >= 0.6 is 11.6 Å². The van der Waals surface area contributed by atoms with Gasteiger partial charge >= 0.3 is 6.03 Å². The van der Waals surface area contributed by atoms with Crippen molar-refractivity contribution >= 4 is 29.0 Å². The van der Waals surface area contributed by atoms with Crippen LogP contribution in [0.5, 0.6) is 0 Å². The van der Waals surface area contributed by atoms with Crippen molar-refractivity contribution in [2.24, 2.45) is 0 Å². The fourth-order valence-corrected chi connectivity index (χ4v) is 2.17. The molecule has 0 atom stereocenters. The van der Waals surface area contributed by atoms with Crippen molar-refractivity contribution in [3.05, 3.63) is 59.1 Å². The van der Waals surface area contributed by atoms with Gasteiger partial charge in [0.15, 0.2) is 0 Å². The van der Waals surface area contributed by atoms with Crippen molar-refractivity contribution in [3.63, 3.8) is 0 Å². The highest BCUT2D eigenvalue weighted by molar-refractivity contribution is 6.33. The van der Waals surface area contributed by atoms with Crippen molar-refractivity contribution in [2.45, 2.75) is 26.2 Å². The fourth-order valence-electron chi connectivity index (χ4n) is 1.98. The topological polar surface area (TPSA) is 41.1 Å². The molecule has 2 aromatic carbocycles. The van der Waals surface area contributed by atoms with Crippen LogP contribution in [0.25, 0.3) is 0 Å². The molecule has 0 spiro atoms. The van der Waals surface area contributed by atoms with Crippen LogP contribution in [0.4, 0.5) is 16.2 Å². The molecule has 0 radical (unpaired) electrons. The second kappa shape index (κ2) is 7.70. The average Bonchev–Trinajstić information content (AvgIpc) is 2.49. The minimum Gasteiger partial charge on any atom is -0.308 e. The largest absolute Gasteiger partial charge is 0.323 e. The normalized spacial score (nSPS) is 10.2. The Morgan fingerprint density at radius 1 is 1.05 bits per heavy atom. The molecule has 0 aliphatic rings. The van der Waals surface area contributed by atoms with Crippen LogP contribution in [0.3, 0.4) is 0 Å². The minimum absolute atomic E-state index is 0.301. The molecule has 0 saturated carbocycles. The number of benzene rings is 2. The summed E-state index contributed by atoms with van der Waals surface area (Å²) < 4.78 is 0. The van der Waals surface area contributed by atoms with Gasteiger partial charge in [-0.15, -0.1) is 0 Å². The summed E-state index contributed by atoms with van der Waals surface area (Å²) in [6.45, 7) is 2.18. The molecule has 3 nitrogen and oxygen atoms in total. The van der Waals surface area contributed by atoms with Crippen molar-refractivity contribution in [1.29, 1.82) is 0 Å². The van der Waals surface area contributed by atoms with Gasteiger partial charge in [-0.2, -0.15) is 0 Å². The van der Waals surface area contributed by atoms with Gasteiger partial charge in [0, 0.05) is 5.69 Å². The van der Waals surface area contributed by atoms with Crippen LogP contribution in [-0.4, -0.2) is 6.03 Å². The number of hydrogen-bond acceptors (Lipinski definition) is 1. The summed E-state index contributed by atoms with van der Waals surface area (Å²) in [5.74, 6) is 0. The SMILES string of the molecule is CCCCc1ccc(NC(=O)Nc2ccccc2Cl)cc1. The first-order valence-corrected chi connectivity index (χ1v) is 7.48. The van der Waals surface area contributed by atoms with E-state index >= 15 is 0 Å². The summed E-state index contributed by atoms with van der Waals surface area (Å²) in [6.07, 6.45) is 3.43. The average molecular weight is 303 g/mol. The summed E-state index contributed by atoms with van der Waals surface area (Å²) in [5.41, 5.74) is 2.64. The lowest BCUT2D eigenvalue weighted by Gasteiger charge is -2.09. The van der Waals surface area contributed by atoms with Gasteiger partial charge in [0.1, 0.15) is 0 Å². The maximum atomic E-state index is 11.9. The van der Waals surface area contributed by atoms with Gasteiger partial charge in [-0.25, -0.2) is 4.79 Å². The quantitative estimate of drug-likeness (QED) is 0.770. The lowest BCUT2D eigenvalue weighted by Crippen LogP contribution is -2.19. The number of carbonyl (C=O) groups is 1. The highest BCUT2D eigenvalue weighted by atomic mass is 35.5. The summed E-state index contributed by atoms with van der Waals surface area (Å²) in [4.78, 5) is 11.9. The number of aryl methyl sites for hydroxylation is 1. The fraction of sp³-hybridized carbons (Fsp3) is 0.235. The van der Waals surface area contributed by atoms with Crippen LogP contribution in [0.15, 0.2) is 48.5 Å². The molecule has 110 valence electrons. The number of rotatable bonds is 5. The van der Waals surface area contributed by atoms with Gasteiger partial charge in [0.05, 0.1) is 10.7 Å². The smallest absolute Gasteiger partial charge is 0.308 e. The van der Waals surface area contributed by atoms with Gasteiger partial charge in [0.2, 0.25) is 0 Å². The number of halogens is 1. The third-order valence-corrected chi connectivity index (χ3v) is 3.48. The number of urea groups is 1. The van der Waals surface area contributed by atoms with Crippen LogP contribution in [-0.2, 0) is 6.42 Å². The zero-order valence-corrected chi connectivity index (χ0v) is 12.8. The molecule has 2 N–H and O–H groups in total. The van der Waals surface area contributed by atoms with Crippen molar-refractivity contribution in [1.82, 2.24) is 0 Å². The molecule has 0 aliphatic carbocycles. The molecule has 2 aromatic rings. The molecule has 0 aliphatic heterocycles. The molecular weight excluding hydrogens is 284 g/mol. The zero-order valence-electron chi connectivity index (χ0n) is 12.0. The van der Waals surface area contributed by atoms with Crippen LogP contribution in [0.2, 0.25) is 5.02 Å². The Labute approximate surface area is 130 Å². The molecule has 2 rings (SSSR count). The lowest BCUT2D eigenvalue weighted by molar-refractivity contribution is 0.262. The number of nitrogens with one attached hydrogen (secondary N) is 2. The number of amides is 2. The molecule has 0 saturated heterocycles. The van der Waals surface area contributed by atoms with E-state index in [0.717, 1.165) is 12.1 Å². The molecule has 0 aromatic heterocycles. The standard InChI is InChI=1S/C17H19ClN2O/c1-2-3-6-13-9-11-14(12-10-13)19-17(21)20-16-8-5-4-7-15(16)18/h4-5,7-12H,2-3,6H2,1H3,(H2,19,20,21). The molecule has 0 bridgehead atoms. The Balaban J connectivity index is 1.92. The van der Waals surface area contributed by atoms with Crippen LogP contribution in [0, 0.1) is 0 Å². The molecule has 2 amide bonds. The van der Waals surface area contributed by atoms with E-state index in [0.29, 0.717) is 10.7 Å². The summed E-state index contributed by atoms with van der Waals surface area (Å²) >= 11 is 6.00.